The molecule has 0 unspecified atom stereocenters. The molecule has 2 fully saturated rings. The van der Waals surface area contributed by atoms with Gasteiger partial charge in [0.05, 0.1) is 13.7 Å². The molecular weight excluding hydrogens is 322 g/mol. The molecule has 0 aromatic heterocycles. The number of fused-ring (bicyclic) bond motifs is 2. The molecule has 3 aliphatic rings. The number of ether oxygens (including phenoxy) is 3. The minimum Gasteiger partial charge on any atom is -0.497 e. The molecule has 1 saturated heterocycles. The van der Waals surface area contributed by atoms with E-state index in [2.05, 4.69) is 5.32 Å². The van der Waals surface area contributed by atoms with Gasteiger partial charge in [0.25, 0.3) is 0 Å². The SMILES string of the molecule is CCOC(=O)[C@@H]1C(=O)N[C@@]23CCCC[C@@H]2[C@@H]1c1cc(OC)ccc1O3. The molecule has 4 atom stereocenters. The van der Waals surface area contributed by atoms with Crippen LogP contribution in [0, 0.1) is 11.8 Å². The molecule has 2 aliphatic heterocycles. The number of esters is 1. The number of carbonyl (C=O) groups is 2. The van der Waals surface area contributed by atoms with E-state index in [1.54, 1.807) is 14.0 Å². The van der Waals surface area contributed by atoms with Crippen molar-refractivity contribution in [3.63, 3.8) is 0 Å². The van der Waals surface area contributed by atoms with E-state index < -0.39 is 17.6 Å². The molecular formula is C19H23NO5. The molecule has 0 radical (unpaired) electrons. The van der Waals surface area contributed by atoms with Gasteiger partial charge in [-0.25, -0.2) is 0 Å². The molecule has 134 valence electrons. The van der Waals surface area contributed by atoms with Crippen LogP contribution in [0.2, 0.25) is 0 Å². The smallest absolute Gasteiger partial charge is 0.319 e. The topological polar surface area (TPSA) is 73.9 Å². The van der Waals surface area contributed by atoms with Gasteiger partial charge in [0, 0.05) is 23.8 Å². The predicted octanol–water partition coefficient (Wildman–Crippen LogP) is 2.37. The first-order valence-electron chi connectivity index (χ1n) is 8.95. The average Bonchev–Trinajstić information content (AvgIpc) is 2.60. The fourth-order valence-electron chi connectivity index (χ4n) is 4.71. The van der Waals surface area contributed by atoms with E-state index in [9.17, 15) is 9.59 Å². The van der Waals surface area contributed by atoms with Crippen LogP contribution in [0.15, 0.2) is 18.2 Å². The highest BCUT2D eigenvalue weighted by molar-refractivity contribution is 6.00. The Bertz CT molecular complexity index is 718. The summed E-state index contributed by atoms with van der Waals surface area (Å²) in [7, 11) is 1.60. The van der Waals surface area contributed by atoms with Crippen LogP contribution in [0.1, 0.15) is 44.1 Å². The van der Waals surface area contributed by atoms with Gasteiger partial charge >= 0.3 is 5.97 Å². The van der Waals surface area contributed by atoms with Crippen molar-refractivity contribution < 1.29 is 23.8 Å². The Balaban J connectivity index is 1.86. The maximum atomic E-state index is 12.8. The van der Waals surface area contributed by atoms with Crippen LogP contribution in [0.3, 0.4) is 0 Å². The predicted molar refractivity (Wildman–Crippen MR) is 89.3 cm³/mol. The molecule has 1 aromatic carbocycles. The summed E-state index contributed by atoms with van der Waals surface area (Å²) in [5.74, 6) is -0.363. The molecule has 0 spiro atoms. The van der Waals surface area contributed by atoms with E-state index in [4.69, 9.17) is 14.2 Å². The number of amides is 1. The molecule has 1 saturated carbocycles. The third-order valence-corrected chi connectivity index (χ3v) is 5.73. The number of carbonyl (C=O) groups excluding carboxylic acids is 2. The number of benzene rings is 1. The fourth-order valence-corrected chi connectivity index (χ4v) is 4.71. The zero-order valence-corrected chi connectivity index (χ0v) is 14.5. The van der Waals surface area contributed by atoms with Gasteiger partial charge in [-0.1, -0.05) is 6.42 Å². The molecule has 6 nitrogen and oxygen atoms in total. The largest absolute Gasteiger partial charge is 0.497 e. The number of piperidine rings is 1. The molecule has 1 aliphatic carbocycles. The third-order valence-electron chi connectivity index (χ3n) is 5.73. The Hall–Kier alpha value is -2.24. The molecule has 1 aromatic rings. The van der Waals surface area contributed by atoms with E-state index in [1.807, 2.05) is 18.2 Å². The van der Waals surface area contributed by atoms with Crippen molar-refractivity contribution in [3.05, 3.63) is 23.8 Å². The van der Waals surface area contributed by atoms with Gasteiger partial charge < -0.3 is 19.5 Å². The normalized spacial score (nSPS) is 32.6. The van der Waals surface area contributed by atoms with Gasteiger partial charge in [0.2, 0.25) is 5.91 Å². The molecule has 6 heteroatoms. The maximum absolute atomic E-state index is 12.8. The summed E-state index contributed by atoms with van der Waals surface area (Å²) < 4.78 is 16.9. The number of hydrogen-bond acceptors (Lipinski definition) is 5. The van der Waals surface area contributed by atoms with Crippen LogP contribution < -0.4 is 14.8 Å². The van der Waals surface area contributed by atoms with Crippen molar-refractivity contribution in [1.29, 1.82) is 0 Å². The first kappa shape index (κ1) is 16.2. The summed E-state index contributed by atoms with van der Waals surface area (Å²) >= 11 is 0. The summed E-state index contributed by atoms with van der Waals surface area (Å²) in [6, 6.07) is 5.60. The summed E-state index contributed by atoms with van der Waals surface area (Å²) in [5.41, 5.74) is 0.166. The van der Waals surface area contributed by atoms with Crippen molar-refractivity contribution >= 4 is 11.9 Å². The second-order valence-electron chi connectivity index (χ2n) is 6.99. The van der Waals surface area contributed by atoms with Crippen molar-refractivity contribution in [1.82, 2.24) is 5.32 Å². The maximum Gasteiger partial charge on any atom is 0.319 e. The Morgan fingerprint density at radius 1 is 1.40 bits per heavy atom. The Kier molecular flexibility index (Phi) is 3.85. The molecule has 4 rings (SSSR count). The zero-order valence-electron chi connectivity index (χ0n) is 14.5. The summed E-state index contributed by atoms with van der Waals surface area (Å²) in [6.07, 6.45) is 3.74. The lowest BCUT2D eigenvalue weighted by atomic mass is 9.62. The van der Waals surface area contributed by atoms with Crippen LogP contribution in [0.25, 0.3) is 0 Å². The van der Waals surface area contributed by atoms with Crippen LogP contribution in [0.5, 0.6) is 11.5 Å². The lowest BCUT2D eigenvalue weighted by molar-refractivity contribution is -0.171. The number of nitrogens with one attached hydrogen (secondary N) is 1. The molecule has 2 heterocycles. The second kappa shape index (κ2) is 5.93. The highest BCUT2D eigenvalue weighted by Crippen LogP contribution is 2.56. The van der Waals surface area contributed by atoms with Crippen LogP contribution >= 0.6 is 0 Å². The van der Waals surface area contributed by atoms with Gasteiger partial charge in [-0.2, -0.15) is 0 Å². The standard InChI is InChI=1S/C19H23NO5/c1-3-24-18(22)16-15-12-10-11(23-2)7-8-14(12)25-19(20-17(16)21)9-5-4-6-13(15)19/h7-8,10,13,15-16H,3-6,9H2,1-2H3,(H,20,21)/t13-,15+,16+,19-/m1/s1. The van der Waals surface area contributed by atoms with Crippen LogP contribution in [-0.4, -0.2) is 31.3 Å². The summed E-state index contributed by atoms with van der Waals surface area (Å²) in [6.45, 7) is 2.01. The first-order valence-corrected chi connectivity index (χ1v) is 8.95. The molecule has 1 N–H and O–H groups in total. The van der Waals surface area contributed by atoms with Crippen molar-refractivity contribution in [2.24, 2.45) is 11.8 Å². The van der Waals surface area contributed by atoms with E-state index >= 15 is 0 Å². The Morgan fingerprint density at radius 3 is 3.00 bits per heavy atom. The first-order chi connectivity index (χ1) is 12.1. The van der Waals surface area contributed by atoms with E-state index in [-0.39, 0.29) is 24.3 Å². The second-order valence-corrected chi connectivity index (χ2v) is 6.99. The van der Waals surface area contributed by atoms with E-state index in [0.717, 1.165) is 37.0 Å². The number of hydrogen-bond donors (Lipinski definition) is 1. The van der Waals surface area contributed by atoms with Crippen LogP contribution in [-0.2, 0) is 14.3 Å². The molecule has 1 amide bonds. The van der Waals surface area contributed by atoms with Gasteiger partial charge in [0.1, 0.15) is 17.4 Å². The monoisotopic (exact) mass is 345 g/mol. The van der Waals surface area contributed by atoms with Gasteiger partial charge in [-0.05, 0) is 38.0 Å². The minimum atomic E-state index is -0.842. The average molecular weight is 345 g/mol. The van der Waals surface area contributed by atoms with Crippen molar-refractivity contribution in [2.45, 2.75) is 44.2 Å². The Labute approximate surface area is 146 Å². The van der Waals surface area contributed by atoms with Crippen LogP contribution in [0.4, 0.5) is 0 Å². The fraction of sp³-hybridized carbons (Fsp3) is 0.579. The number of methoxy groups -OCH3 is 1. The summed E-state index contributed by atoms with van der Waals surface area (Å²) in [4.78, 5) is 25.4. The quantitative estimate of drug-likeness (QED) is 0.672. The number of rotatable bonds is 3. The van der Waals surface area contributed by atoms with Crippen molar-refractivity contribution in [2.75, 3.05) is 13.7 Å². The lowest BCUT2D eigenvalue weighted by Gasteiger charge is -2.55. The third kappa shape index (κ3) is 2.38. The lowest BCUT2D eigenvalue weighted by Crippen LogP contribution is -2.69. The summed E-state index contributed by atoms with van der Waals surface area (Å²) in [5, 5.41) is 3.03. The minimum absolute atomic E-state index is 0.0629. The highest BCUT2D eigenvalue weighted by atomic mass is 16.5. The van der Waals surface area contributed by atoms with Crippen molar-refractivity contribution in [3.8, 4) is 11.5 Å². The van der Waals surface area contributed by atoms with E-state index in [0.29, 0.717) is 5.75 Å². The van der Waals surface area contributed by atoms with Gasteiger partial charge in [-0.3, -0.25) is 9.59 Å². The zero-order chi connectivity index (χ0) is 17.6. The molecule has 25 heavy (non-hydrogen) atoms. The van der Waals surface area contributed by atoms with Gasteiger partial charge in [0.15, 0.2) is 5.72 Å². The molecule has 2 bridgehead atoms. The Morgan fingerprint density at radius 2 is 2.24 bits per heavy atom. The van der Waals surface area contributed by atoms with Gasteiger partial charge in [-0.15, -0.1) is 0 Å². The van der Waals surface area contributed by atoms with E-state index in [1.165, 1.54) is 0 Å². The highest BCUT2D eigenvalue weighted by Gasteiger charge is 2.61.